The molecule has 0 spiro atoms. The van der Waals surface area contributed by atoms with Crippen molar-refractivity contribution in [1.82, 2.24) is 4.90 Å². The van der Waals surface area contributed by atoms with Gasteiger partial charge in [0.15, 0.2) is 0 Å². The van der Waals surface area contributed by atoms with Gasteiger partial charge in [0.05, 0.1) is 6.61 Å². The van der Waals surface area contributed by atoms with Crippen molar-refractivity contribution in [2.75, 3.05) is 19.7 Å². The van der Waals surface area contributed by atoms with E-state index in [1.807, 2.05) is 29.2 Å². The number of carbonyl (C=O) groups is 1. The van der Waals surface area contributed by atoms with E-state index in [-0.39, 0.29) is 17.4 Å². The van der Waals surface area contributed by atoms with Crippen LogP contribution in [0.2, 0.25) is 0 Å². The van der Waals surface area contributed by atoms with Crippen molar-refractivity contribution in [3.8, 4) is 5.75 Å². The van der Waals surface area contributed by atoms with Gasteiger partial charge in [0.2, 0.25) is 5.91 Å². The van der Waals surface area contributed by atoms with E-state index in [1.54, 1.807) is 0 Å². The van der Waals surface area contributed by atoms with E-state index < -0.39 is 0 Å². The van der Waals surface area contributed by atoms with Gasteiger partial charge in [-0.05, 0) is 36.5 Å². The molecule has 0 saturated carbocycles. The van der Waals surface area contributed by atoms with Crippen LogP contribution in [0.4, 0.5) is 0 Å². The first-order chi connectivity index (χ1) is 10.4. The first kappa shape index (κ1) is 17.3. The minimum absolute atomic E-state index is 0.000720. The normalized spacial score (nSPS) is 20.7. The maximum absolute atomic E-state index is 12.3. The van der Waals surface area contributed by atoms with Gasteiger partial charge in [-0.2, -0.15) is 0 Å². The summed E-state index contributed by atoms with van der Waals surface area (Å²) in [6.45, 7) is 6.34. The monoisotopic (exact) mass is 368 g/mol. The van der Waals surface area contributed by atoms with E-state index in [1.165, 1.54) is 0 Å². The van der Waals surface area contributed by atoms with Gasteiger partial charge >= 0.3 is 0 Å². The summed E-state index contributed by atoms with van der Waals surface area (Å²) >= 11 is 3.41. The highest BCUT2D eigenvalue weighted by Gasteiger charge is 2.34. The average molecular weight is 369 g/mol. The number of rotatable bonds is 5. The summed E-state index contributed by atoms with van der Waals surface area (Å²) in [7, 11) is 0. The molecule has 1 saturated heterocycles. The number of halogens is 1. The van der Waals surface area contributed by atoms with E-state index in [0.29, 0.717) is 13.0 Å². The van der Waals surface area contributed by atoms with Gasteiger partial charge in [-0.25, -0.2) is 0 Å². The van der Waals surface area contributed by atoms with E-state index in [2.05, 4.69) is 29.8 Å². The van der Waals surface area contributed by atoms with Gasteiger partial charge in [-0.1, -0.05) is 35.8 Å². The third-order valence-corrected chi connectivity index (χ3v) is 4.76. The second-order valence-corrected chi connectivity index (χ2v) is 7.52. The third kappa shape index (κ3) is 4.71. The maximum Gasteiger partial charge on any atom is 0.222 e. The maximum atomic E-state index is 12.3. The molecule has 1 aliphatic heterocycles. The second kappa shape index (κ2) is 7.47. The molecule has 1 heterocycles. The largest absolute Gasteiger partial charge is 0.494 e. The number of nitrogens with zero attached hydrogens (tertiary/aromatic N) is 1. The zero-order chi connectivity index (χ0) is 16.2. The van der Waals surface area contributed by atoms with Crippen molar-refractivity contribution >= 4 is 21.8 Å². The molecule has 0 radical (unpaired) electrons. The number of amides is 1. The number of benzene rings is 1. The van der Waals surface area contributed by atoms with Gasteiger partial charge in [0, 0.05) is 30.0 Å². The highest BCUT2D eigenvalue weighted by atomic mass is 79.9. The minimum atomic E-state index is 0.000720. The van der Waals surface area contributed by atoms with Gasteiger partial charge in [0.1, 0.15) is 5.75 Å². The van der Waals surface area contributed by atoms with Gasteiger partial charge < -0.3 is 15.4 Å². The minimum Gasteiger partial charge on any atom is -0.494 e. The Labute approximate surface area is 141 Å². The smallest absolute Gasteiger partial charge is 0.222 e. The Bertz CT molecular complexity index is 519. The van der Waals surface area contributed by atoms with E-state index in [9.17, 15) is 4.79 Å². The van der Waals surface area contributed by atoms with Crippen LogP contribution in [-0.2, 0) is 4.79 Å². The highest BCUT2D eigenvalue weighted by molar-refractivity contribution is 9.10. The van der Waals surface area contributed by atoms with Crippen molar-refractivity contribution in [3.63, 3.8) is 0 Å². The summed E-state index contributed by atoms with van der Waals surface area (Å²) in [6.07, 6.45) is 2.14. The Morgan fingerprint density at radius 1 is 1.50 bits per heavy atom. The molecule has 5 heteroatoms. The van der Waals surface area contributed by atoms with Crippen LogP contribution in [0.5, 0.6) is 5.75 Å². The number of piperidine rings is 1. The predicted molar refractivity (Wildman–Crippen MR) is 91.8 cm³/mol. The number of nitrogens with two attached hydrogens (primary N) is 1. The van der Waals surface area contributed by atoms with Gasteiger partial charge in [-0.3, -0.25) is 4.79 Å². The molecule has 0 bridgehead atoms. The summed E-state index contributed by atoms with van der Waals surface area (Å²) in [5.41, 5.74) is 6.11. The Kier molecular flexibility index (Phi) is 5.87. The lowest BCUT2D eigenvalue weighted by Crippen LogP contribution is -2.54. The number of hydrogen-bond acceptors (Lipinski definition) is 3. The van der Waals surface area contributed by atoms with Crippen LogP contribution in [0.1, 0.15) is 33.1 Å². The van der Waals surface area contributed by atoms with Crippen LogP contribution in [0.3, 0.4) is 0 Å². The van der Waals surface area contributed by atoms with Gasteiger partial charge in [-0.15, -0.1) is 0 Å². The lowest BCUT2D eigenvalue weighted by Gasteiger charge is -2.42. The molecule has 1 aromatic rings. The molecule has 22 heavy (non-hydrogen) atoms. The van der Waals surface area contributed by atoms with Crippen LogP contribution in [0.15, 0.2) is 28.7 Å². The lowest BCUT2D eigenvalue weighted by atomic mass is 9.79. The van der Waals surface area contributed by atoms with Crippen molar-refractivity contribution in [3.05, 3.63) is 28.7 Å². The third-order valence-electron chi connectivity index (χ3n) is 4.26. The zero-order valence-electron chi connectivity index (χ0n) is 13.3. The molecule has 1 unspecified atom stereocenters. The van der Waals surface area contributed by atoms with Crippen LogP contribution in [0.25, 0.3) is 0 Å². The van der Waals surface area contributed by atoms with E-state index in [0.717, 1.165) is 36.2 Å². The quantitative estimate of drug-likeness (QED) is 0.811. The Balaban J connectivity index is 1.72. The molecular formula is C17H25BrN2O2. The van der Waals surface area contributed by atoms with Crippen molar-refractivity contribution in [1.29, 1.82) is 0 Å². The topological polar surface area (TPSA) is 55.6 Å². The van der Waals surface area contributed by atoms with Crippen molar-refractivity contribution in [2.24, 2.45) is 11.1 Å². The Morgan fingerprint density at radius 2 is 2.27 bits per heavy atom. The molecule has 1 aliphatic rings. The first-order valence-electron chi connectivity index (χ1n) is 7.80. The van der Waals surface area contributed by atoms with Crippen LogP contribution < -0.4 is 10.5 Å². The molecule has 2 rings (SSSR count). The fourth-order valence-corrected chi connectivity index (χ4v) is 3.09. The fourth-order valence-electron chi connectivity index (χ4n) is 2.72. The van der Waals surface area contributed by atoms with Crippen LogP contribution >= 0.6 is 15.9 Å². The first-order valence-corrected chi connectivity index (χ1v) is 8.59. The Morgan fingerprint density at radius 3 is 2.95 bits per heavy atom. The molecule has 2 N–H and O–H groups in total. The standard InChI is InChI=1S/C17H25BrN2O2/c1-17(2)12-20(9-8-15(17)19)16(21)7-4-10-22-14-6-3-5-13(18)11-14/h3,5-6,11,15H,4,7-10,12,19H2,1-2H3. The molecule has 1 fully saturated rings. The summed E-state index contributed by atoms with van der Waals surface area (Å²) in [6, 6.07) is 7.91. The summed E-state index contributed by atoms with van der Waals surface area (Å²) in [4.78, 5) is 14.2. The fraction of sp³-hybridized carbons (Fsp3) is 0.588. The predicted octanol–water partition coefficient (Wildman–Crippen LogP) is 3.19. The SMILES string of the molecule is CC1(C)CN(C(=O)CCCOc2cccc(Br)c2)CCC1N. The highest BCUT2D eigenvalue weighted by Crippen LogP contribution is 2.28. The molecule has 1 atom stereocenters. The molecule has 4 nitrogen and oxygen atoms in total. The second-order valence-electron chi connectivity index (χ2n) is 6.61. The summed E-state index contributed by atoms with van der Waals surface area (Å²) < 4.78 is 6.66. The molecule has 1 aromatic carbocycles. The zero-order valence-corrected chi connectivity index (χ0v) is 14.9. The van der Waals surface area contributed by atoms with Crippen LogP contribution in [-0.4, -0.2) is 36.5 Å². The average Bonchev–Trinajstić information content (AvgIpc) is 2.46. The van der Waals surface area contributed by atoms with E-state index in [4.69, 9.17) is 10.5 Å². The summed E-state index contributed by atoms with van der Waals surface area (Å²) in [5, 5.41) is 0. The van der Waals surface area contributed by atoms with Gasteiger partial charge in [0.25, 0.3) is 0 Å². The molecular weight excluding hydrogens is 344 g/mol. The summed E-state index contributed by atoms with van der Waals surface area (Å²) in [5.74, 6) is 1.03. The molecule has 122 valence electrons. The number of carbonyl (C=O) groups excluding carboxylic acids is 1. The van der Waals surface area contributed by atoms with Crippen molar-refractivity contribution < 1.29 is 9.53 Å². The number of ether oxygens (including phenoxy) is 1. The van der Waals surface area contributed by atoms with Crippen molar-refractivity contribution in [2.45, 2.75) is 39.2 Å². The van der Waals surface area contributed by atoms with E-state index >= 15 is 0 Å². The van der Waals surface area contributed by atoms with Crippen LogP contribution in [0, 0.1) is 5.41 Å². The molecule has 1 amide bonds. The molecule has 0 aliphatic carbocycles. The molecule has 0 aromatic heterocycles. The number of likely N-dealkylation sites (tertiary alicyclic amines) is 1. The Hall–Kier alpha value is -1.07. The number of hydrogen-bond donors (Lipinski definition) is 1. The lowest BCUT2D eigenvalue weighted by molar-refractivity contribution is -0.134.